The Bertz CT molecular complexity index is 1170. The number of sulfonamides is 1. The first-order chi connectivity index (χ1) is 14.9. The molecule has 0 spiro atoms. The average Bonchev–Trinajstić information content (AvgIpc) is 2.76. The lowest BCUT2D eigenvalue weighted by atomic mass is 9.90. The van der Waals surface area contributed by atoms with E-state index in [1.165, 1.54) is 5.56 Å². The topological polar surface area (TPSA) is 75.7 Å². The van der Waals surface area contributed by atoms with E-state index in [9.17, 15) is 13.2 Å². The van der Waals surface area contributed by atoms with Gasteiger partial charge in [0.05, 0.1) is 11.9 Å². The standard InChI is InChI=1S/C24H26N2O4S/c1-31(28,29)25-23-21-10-6-5-9-20(21)11-12-22(23)30-24(27)26-15-13-19(14-16-26)17-18-7-3-2-4-8-18/h2-12,19,25H,13-17H2,1H3. The Morgan fingerprint density at radius 1 is 1.00 bits per heavy atom. The molecule has 1 heterocycles. The van der Waals surface area contributed by atoms with Crippen LogP contribution in [0.5, 0.6) is 5.75 Å². The average molecular weight is 439 g/mol. The second-order valence-corrected chi connectivity index (χ2v) is 9.77. The van der Waals surface area contributed by atoms with Gasteiger partial charge in [0.15, 0.2) is 5.75 Å². The summed E-state index contributed by atoms with van der Waals surface area (Å²) >= 11 is 0. The highest BCUT2D eigenvalue weighted by molar-refractivity contribution is 7.92. The number of anilines is 1. The monoisotopic (exact) mass is 438 g/mol. The second-order valence-electron chi connectivity index (χ2n) is 8.02. The molecule has 0 saturated carbocycles. The summed E-state index contributed by atoms with van der Waals surface area (Å²) in [6.07, 6.45) is 3.46. The molecule has 6 nitrogen and oxygen atoms in total. The lowest BCUT2D eigenvalue weighted by Gasteiger charge is -2.31. The van der Waals surface area contributed by atoms with Crippen LogP contribution in [0, 0.1) is 5.92 Å². The van der Waals surface area contributed by atoms with Crippen molar-refractivity contribution in [1.29, 1.82) is 0 Å². The van der Waals surface area contributed by atoms with Gasteiger partial charge in [0.25, 0.3) is 0 Å². The molecule has 4 rings (SSSR count). The van der Waals surface area contributed by atoms with E-state index in [1.54, 1.807) is 17.0 Å². The zero-order chi connectivity index (χ0) is 21.8. The highest BCUT2D eigenvalue weighted by Gasteiger charge is 2.25. The summed E-state index contributed by atoms with van der Waals surface area (Å²) in [6, 6.07) is 21.2. The zero-order valence-electron chi connectivity index (χ0n) is 17.5. The highest BCUT2D eigenvalue weighted by atomic mass is 32.2. The van der Waals surface area contributed by atoms with Crippen LogP contribution in [-0.4, -0.2) is 38.8 Å². The summed E-state index contributed by atoms with van der Waals surface area (Å²) in [5.74, 6) is 0.745. The number of likely N-dealkylation sites (tertiary alicyclic amines) is 1. The van der Waals surface area contributed by atoms with Gasteiger partial charge < -0.3 is 9.64 Å². The van der Waals surface area contributed by atoms with E-state index in [-0.39, 0.29) is 11.4 Å². The number of fused-ring (bicyclic) bond motifs is 1. The first kappa shape index (κ1) is 21.2. The van der Waals surface area contributed by atoms with Crippen molar-refractivity contribution in [2.75, 3.05) is 24.1 Å². The fourth-order valence-corrected chi connectivity index (χ4v) is 4.63. The predicted octanol–water partition coefficient (Wildman–Crippen LogP) is 4.66. The second kappa shape index (κ2) is 8.98. The summed E-state index contributed by atoms with van der Waals surface area (Å²) < 4.78 is 32.0. The van der Waals surface area contributed by atoms with Crippen molar-refractivity contribution >= 4 is 32.6 Å². The van der Waals surface area contributed by atoms with Gasteiger partial charge in [0, 0.05) is 18.5 Å². The third-order valence-corrected chi connectivity index (χ3v) is 6.19. The Labute approximate surface area is 182 Å². The summed E-state index contributed by atoms with van der Waals surface area (Å²) in [5, 5.41) is 1.54. The van der Waals surface area contributed by atoms with E-state index in [2.05, 4.69) is 16.9 Å². The van der Waals surface area contributed by atoms with Gasteiger partial charge in [-0.15, -0.1) is 0 Å². The van der Waals surface area contributed by atoms with Gasteiger partial charge in [-0.1, -0.05) is 60.7 Å². The van der Waals surface area contributed by atoms with Crippen LogP contribution in [0.2, 0.25) is 0 Å². The number of hydrogen-bond acceptors (Lipinski definition) is 4. The minimum atomic E-state index is -3.54. The van der Waals surface area contributed by atoms with Crippen LogP contribution in [0.3, 0.4) is 0 Å². The Morgan fingerprint density at radius 3 is 2.39 bits per heavy atom. The van der Waals surface area contributed by atoms with Crippen molar-refractivity contribution < 1.29 is 17.9 Å². The molecule has 1 aliphatic rings. The van der Waals surface area contributed by atoms with Crippen LogP contribution >= 0.6 is 0 Å². The van der Waals surface area contributed by atoms with Crippen LogP contribution in [-0.2, 0) is 16.4 Å². The zero-order valence-corrected chi connectivity index (χ0v) is 18.3. The van der Waals surface area contributed by atoms with Crippen LogP contribution in [0.4, 0.5) is 10.5 Å². The van der Waals surface area contributed by atoms with Gasteiger partial charge in [-0.05, 0) is 42.2 Å². The molecule has 1 fully saturated rings. The number of carbonyl (C=O) groups is 1. The van der Waals surface area contributed by atoms with E-state index >= 15 is 0 Å². The fourth-order valence-electron chi connectivity index (χ4n) is 4.05. The van der Waals surface area contributed by atoms with Crippen molar-refractivity contribution in [2.45, 2.75) is 19.3 Å². The number of ether oxygens (including phenoxy) is 1. The molecule has 162 valence electrons. The number of amides is 1. The van der Waals surface area contributed by atoms with Crippen LogP contribution in [0.25, 0.3) is 10.8 Å². The van der Waals surface area contributed by atoms with Gasteiger partial charge in [0.1, 0.15) is 0 Å². The Kier molecular flexibility index (Phi) is 6.13. The van der Waals surface area contributed by atoms with Crippen molar-refractivity contribution in [3.05, 3.63) is 72.3 Å². The number of benzene rings is 3. The molecule has 31 heavy (non-hydrogen) atoms. The van der Waals surface area contributed by atoms with Gasteiger partial charge in [-0.2, -0.15) is 0 Å². The molecule has 0 atom stereocenters. The number of hydrogen-bond donors (Lipinski definition) is 1. The van der Waals surface area contributed by atoms with E-state index in [0.29, 0.717) is 24.4 Å². The summed E-state index contributed by atoms with van der Waals surface area (Å²) in [4.78, 5) is 14.5. The van der Waals surface area contributed by atoms with Crippen molar-refractivity contribution in [1.82, 2.24) is 4.90 Å². The van der Waals surface area contributed by atoms with E-state index in [4.69, 9.17) is 4.74 Å². The van der Waals surface area contributed by atoms with Gasteiger partial charge in [-0.3, -0.25) is 4.72 Å². The first-order valence-electron chi connectivity index (χ1n) is 10.4. The van der Waals surface area contributed by atoms with Gasteiger partial charge >= 0.3 is 6.09 Å². The number of rotatable bonds is 5. The number of nitrogens with one attached hydrogen (secondary N) is 1. The number of piperidine rings is 1. The molecular weight excluding hydrogens is 412 g/mol. The smallest absolute Gasteiger partial charge is 0.408 e. The maximum atomic E-state index is 12.8. The van der Waals surface area contributed by atoms with E-state index in [1.807, 2.05) is 42.5 Å². The van der Waals surface area contributed by atoms with Gasteiger partial charge in [-0.25, -0.2) is 13.2 Å². The number of carbonyl (C=O) groups excluding carboxylic acids is 1. The molecule has 3 aromatic rings. The summed E-state index contributed by atoms with van der Waals surface area (Å²) in [6.45, 7) is 1.25. The molecule has 3 aromatic carbocycles. The molecule has 0 radical (unpaired) electrons. The molecule has 0 unspecified atom stereocenters. The van der Waals surface area contributed by atoms with Crippen molar-refractivity contribution in [2.24, 2.45) is 5.92 Å². The van der Waals surface area contributed by atoms with Crippen LogP contribution < -0.4 is 9.46 Å². The van der Waals surface area contributed by atoms with Crippen molar-refractivity contribution in [3.63, 3.8) is 0 Å². The van der Waals surface area contributed by atoms with Crippen molar-refractivity contribution in [3.8, 4) is 5.75 Å². The highest BCUT2D eigenvalue weighted by Crippen LogP contribution is 2.34. The minimum absolute atomic E-state index is 0.209. The fraction of sp³-hybridized carbons (Fsp3) is 0.292. The maximum absolute atomic E-state index is 12.8. The first-order valence-corrected chi connectivity index (χ1v) is 12.3. The molecule has 1 N–H and O–H groups in total. The third-order valence-electron chi connectivity index (χ3n) is 5.62. The largest absolute Gasteiger partial charge is 0.415 e. The lowest BCUT2D eigenvalue weighted by Crippen LogP contribution is -2.40. The van der Waals surface area contributed by atoms with E-state index in [0.717, 1.165) is 30.9 Å². The SMILES string of the molecule is CS(=O)(=O)Nc1c(OC(=O)N2CCC(Cc3ccccc3)CC2)ccc2ccccc12. The molecular formula is C24H26N2O4S. The predicted molar refractivity (Wildman–Crippen MR) is 123 cm³/mol. The number of nitrogens with zero attached hydrogens (tertiary/aromatic N) is 1. The Hall–Kier alpha value is -3.06. The quantitative estimate of drug-likeness (QED) is 0.628. The molecule has 0 bridgehead atoms. The third kappa shape index (κ3) is 5.35. The molecule has 1 amide bonds. The Balaban J connectivity index is 1.46. The molecule has 7 heteroatoms. The normalized spacial score (nSPS) is 15.1. The molecule has 0 aliphatic carbocycles. The van der Waals surface area contributed by atoms with Crippen LogP contribution in [0.15, 0.2) is 66.7 Å². The molecule has 1 aliphatic heterocycles. The maximum Gasteiger partial charge on any atom is 0.415 e. The Morgan fingerprint density at radius 2 is 1.68 bits per heavy atom. The summed E-state index contributed by atoms with van der Waals surface area (Å²) in [5.41, 5.74) is 1.60. The van der Waals surface area contributed by atoms with E-state index < -0.39 is 16.1 Å². The minimum Gasteiger partial charge on any atom is -0.408 e. The summed E-state index contributed by atoms with van der Waals surface area (Å²) in [7, 11) is -3.54. The molecule has 0 aromatic heterocycles. The molecule has 1 saturated heterocycles. The van der Waals surface area contributed by atoms with Crippen LogP contribution in [0.1, 0.15) is 18.4 Å². The van der Waals surface area contributed by atoms with Gasteiger partial charge in [0.2, 0.25) is 10.0 Å². The lowest BCUT2D eigenvalue weighted by molar-refractivity contribution is 0.131.